The molecule has 5 nitrogen and oxygen atoms in total. The number of nitrogens with zero attached hydrogens (tertiary/aromatic N) is 2. The van der Waals surface area contributed by atoms with Crippen molar-refractivity contribution in [1.29, 1.82) is 0 Å². The van der Waals surface area contributed by atoms with Crippen molar-refractivity contribution in [3.05, 3.63) is 42.1 Å². The number of amides is 1. The van der Waals surface area contributed by atoms with E-state index in [1.807, 2.05) is 30.3 Å². The summed E-state index contributed by atoms with van der Waals surface area (Å²) in [5, 5.41) is 1.03. The molecule has 3 rings (SSSR count). The van der Waals surface area contributed by atoms with E-state index in [2.05, 4.69) is 4.98 Å². The van der Waals surface area contributed by atoms with E-state index in [1.165, 1.54) is 0 Å². The van der Waals surface area contributed by atoms with Gasteiger partial charge in [-0.15, -0.1) is 0 Å². The average molecular weight is 318 g/mol. The Morgan fingerprint density at radius 1 is 1.36 bits per heavy atom. The van der Waals surface area contributed by atoms with E-state index in [1.54, 1.807) is 18.1 Å². The zero-order chi connectivity index (χ0) is 15.7. The lowest BCUT2D eigenvalue weighted by Gasteiger charge is -2.20. The third-order valence-corrected chi connectivity index (χ3v) is 5.81. The largest absolute Gasteiger partial charge is 0.341 e. The number of benzene rings is 1. The number of carbonyl (C=O) groups is 1. The summed E-state index contributed by atoms with van der Waals surface area (Å²) in [6.07, 6.45) is 2.19. The summed E-state index contributed by atoms with van der Waals surface area (Å²) in [4.78, 5) is 18.2. The quantitative estimate of drug-likeness (QED) is 0.862. The van der Waals surface area contributed by atoms with E-state index in [0.717, 1.165) is 16.5 Å². The van der Waals surface area contributed by atoms with Gasteiger partial charge in [0.15, 0.2) is 9.84 Å². The van der Waals surface area contributed by atoms with Crippen LogP contribution in [0.5, 0.6) is 0 Å². The van der Waals surface area contributed by atoms with Crippen molar-refractivity contribution >= 4 is 26.6 Å². The first-order valence-corrected chi connectivity index (χ1v) is 9.06. The maximum Gasteiger partial charge on any atom is 0.226 e. The van der Waals surface area contributed by atoms with Crippen LogP contribution in [0.3, 0.4) is 0 Å². The van der Waals surface area contributed by atoms with E-state index in [9.17, 15) is 13.2 Å². The predicted molar refractivity (Wildman–Crippen MR) is 85.0 cm³/mol. The number of carbonyl (C=O) groups excluding carboxylic acids is 1. The molecule has 6 heteroatoms. The fourth-order valence-electron chi connectivity index (χ4n) is 2.88. The Bertz CT molecular complexity index is 817. The predicted octanol–water partition coefficient (Wildman–Crippen LogP) is 1.63. The maximum atomic E-state index is 12.4. The lowest BCUT2D eigenvalue weighted by molar-refractivity contribution is -0.133. The lowest BCUT2D eigenvalue weighted by atomic mass is 10.1. The van der Waals surface area contributed by atoms with Crippen molar-refractivity contribution in [2.75, 3.05) is 18.6 Å². The Morgan fingerprint density at radius 2 is 2.18 bits per heavy atom. The SMILES string of the molecule is CN(Cc1ccc2ncccc2c1)C(=O)[C@H]1CCS(=O)(=O)C1. The molecule has 0 unspecified atom stereocenters. The number of aromatic nitrogens is 1. The molecule has 0 N–H and O–H groups in total. The van der Waals surface area contributed by atoms with Gasteiger partial charge in [-0.2, -0.15) is 0 Å². The molecule has 2 heterocycles. The molecule has 1 aliphatic rings. The van der Waals surface area contributed by atoms with Crippen molar-refractivity contribution in [2.24, 2.45) is 5.92 Å². The zero-order valence-corrected chi connectivity index (χ0v) is 13.2. The van der Waals surface area contributed by atoms with Gasteiger partial charge in [-0.05, 0) is 30.2 Å². The van der Waals surface area contributed by atoms with E-state index in [4.69, 9.17) is 0 Å². The Kier molecular flexibility index (Phi) is 3.87. The van der Waals surface area contributed by atoms with Crippen molar-refractivity contribution < 1.29 is 13.2 Å². The minimum atomic E-state index is -3.03. The summed E-state index contributed by atoms with van der Waals surface area (Å²) in [6.45, 7) is 0.472. The highest BCUT2D eigenvalue weighted by Gasteiger charge is 2.34. The van der Waals surface area contributed by atoms with E-state index in [-0.39, 0.29) is 17.4 Å². The first kappa shape index (κ1) is 15.0. The van der Waals surface area contributed by atoms with Crippen molar-refractivity contribution in [2.45, 2.75) is 13.0 Å². The Morgan fingerprint density at radius 3 is 2.91 bits per heavy atom. The van der Waals surface area contributed by atoms with E-state index >= 15 is 0 Å². The number of fused-ring (bicyclic) bond motifs is 1. The monoisotopic (exact) mass is 318 g/mol. The number of hydrogen-bond donors (Lipinski definition) is 0. The van der Waals surface area contributed by atoms with Crippen molar-refractivity contribution in [1.82, 2.24) is 9.88 Å². The summed E-state index contributed by atoms with van der Waals surface area (Å²) < 4.78 is 23.0. The van der Waals surface area contributed by atoms with Gasteiger partial charge in [0.2, 0.25) is 5.91 Å². The fraction of sp³-hybridized carbons (Fsp3) is 0.375. The third kappa shape index (κ3) is 3.11. The molecule has 116 valence electrons. The molecule has 1 fully saturated rings. The molecule has 1 aromatic carbocycles. The van der Waals surface area contributed by atoms with E-state index < -0.39 is 15.8 Å². The molecule has 1 atom stereocenters. The molecule has 0 aliphatic carbocycles. The summed E-state index contributed by atoms with van der Waals surface area (Å²) >= 11 is 0. The van der Waals surface area contributed by atoms with Crippen LogP contribution in [0.2, 0.25) is 0 Å². The molecule has 1 saturated heterocycles. The normalized spacial score (nSPS) is 20.1. The van der Waals surface area contributed by atoms with Crippen LogP contribution in [0.1, 0.15) is 12.0 Å². The zero-order valence-electron chi connectivity index (χ0n) is 12.4. The smallest absolute Gasteiger partial charge is 0.226 e. The van der Waals surface area contributed by atoms with Gasteiger partial charge in [-0.1, -0.05) is 12.1 Å². The molecule has 0 bridgehead atoms. The lowest BCUT2D eigenvalue weighted by Crippen LogP contribution is -2.33. The molecule has 1 aromatic heterocycles. The summed E-state index contributed by atoms with van der Waals surface area (Å²) in [5.41, 5.74) is 1.93. The van der Waals surface area contributed by atoms with Crippen LogP contribution in [-0.2, 0) is 21.2 Å². The van der Waals surface area contributed by atoms with Crippen LogP contribution in [-0.4, -0.2) is 42.8 Å². The second-order valence-corrected chi connectivity index (χ2v) is 8.05. The van der Waals surface area contributed by atoms with Gasteiger partial charge in [-0.3, -0.25) is 9.78 Å². The van der Waals surface area contributed by atoms with Crippen LogP contribution in [0.25, 0.3) is 10.9 Å². The van der Waals surface area contributed by atoms with Gasteiger partial charge in [-0.25, -0.2) is 8.42 Å². The van der Waals surface area contributed by atoms with Crippen molar-refractivity contribution in [3.8, 4) is 0 Å². The van der Waals surface area contributed by atoms with Gasteiger partial charge in [0, 0.05) is 25.2 Å². The summed E-state index contributed by atoms with van der Waals surface area (Å²) in [6, 6.07) is 9.76. The molecule has 0 radical (unpaired) electrons. The van der Waals surface area contributed by atoms with Gasteiger partial charge in [0.05, 0.1) is 22.9 Å². The first-order valence-electron chi connectivity index (χ1n) is 7.24. The van der Waals surface area contributed by atoms with Crippen LogP contribution in [0, 0.1) is 5.92 Å². The maximum absolute atomic E-state index is 12.4. The summed E-state index contributed by atoms with van der Waals surface area (Å²) in [7, 11) is -1.31. The Labute approximate surface area is 129 Å². The fourth-order valence-corrected chi connectivity index (χ4v) is 4.61. The second-order valence-electron chi connectivity index (χ2n) is 5.82. The highest BCUT2D eigenvalue weighted by atomic mass is 32.2. The van der Waals surface area contributed by atoms with E-state index in [0.29, 0.717) is 13.0 Å². The number of hydrogen-bond acceptors (Lipinski definition) is 4. The second kappa shape index (κ2) is 5.68. The van der Waals surface area contributed by atoms with Crippen LogP contribution in [0.4, 0.5) is 0 Å². The van der Waals surface area contributed by atoms with Gasteiger partial charge >= 0.3 is 0 Å². The Hall–Kier alpha value is -1.95. The van der Waals surface area contributed by atoms with Crippen LogP contribution >= 0.6 is 0 Å². The van der Waals surface area contributed by atoms with Gasteiger partial charge < -0.3 is 4.90 Å². The molecule has 0 spiro atoms. The van der Waals surface area contributed by atoms with Crippen LogP contribution < -0.4 is 0 Å². The van der Waals surface area contributed by atoms with Gasteiger partial charge in [0.25, 0.3) is 0 Å². The molecular formula is C16H18N2O3S. The standard InChI is InChI=1S/C16H18N2O3S/c1-18(16(19)14-6-8-22(20,21)11-14)10-12-4-5-15-13(9-12)3-2-7-17-15/h2-5,7,9,14H,6,8,10-11H2,1H3/t14-/m0/s1. The average Bonchev–Trinajstić information content (AvgIpc) is 2.86. The first-order chi connectivity index (χ1) is 10.4. The summed E-state index contributed by atoms with van der Waals surface area (Å²) in [5.74, 6) is -0.374. The van der Waals surface area contributed by atoms with Crippen LogP contribution in [0.15, 0.2) is 36.5 Å². The topological polar surface area (TPSA) is 67.3 Å². The Balaban J connectivity index is 1.72. The molecule has 1 amide bonds. The third-order valence-electron chi connectivity index (χ3n) is 4.05. The number of pyridine rings is 1. The molecule has 22 heavy (non-hydrogen) atoms. The van der Waals surface area contributed by atoms with Crippen molar-refractivity contribution in [3.63, 3.8) is 0 Å². The number of sulfone groups is 1. The molecule has 1 aliphatic heterocycles. The molecular weight excluding hydrogens is 300 g/mol. The van der Waals surface area contributed by atoms with Gasteiger partial charge in [0.1, 0.15) is 0 Å². The highest BCUT2D eigenvalue weighted by Crippen LogP contribution is 2.21. The number of rotatable bonds is 3. The molecule has 0 saturated carbocycles. The molecule has 2 aromatic rings. The highest BCUT2D eigenvalue weighted by molar-refractivity contribution is 7.91. The minimum absolute atomic E-state index is 0.0161. The minimum Gasteiger partial charge on any atom is -0.341 e.